The monoisotopic (exact) mass is 209 g/mol. The van der Waals surface area contributed by atoms with E-state index in [9.17, 15) is 0 Å². The molecule has 0 aliphatic heterocycles. The fraction of sp³-hybridized carbons (Fsp3) is 0.636. The summed E-state index contributed by atoms with van der Waals surface area (Å²) in [6.07, 6.45) is 2.80. The first-order chi connectivity index (χ1) is 7.27. The van der Waals surface area contributed by atoms with Gasteiger partial charge in [0.25, 0.3) is 0 Å². The second kappa shape index (κ2) is 6.35. The van der Waals surface area contributed by atoms with Gasteiger partial charge in [0, 0.05) is 19.3 Å². The number of hydrogen-bond donors (Lipinski definition) is 1. The van der Waals surface area contributed by atoms with E-state index in [0.29, 0.717) is 6.61 Å². The van der Waals surface area contributed by atoms with Crippen LogP contribution in [0.4, 0.5) is 5.82 Å². The van der Waals surface area contributed by atoms with Crippen molar-refractivity contribution in [1.82, 2.24) is 9.97 Å². The molecule has 1 heterocycles. The molecule has 84 valence electrons. The van der Waals surface area contributed by atoms with Crippen LogP contribution >= 0.6 is 0 Å². The Hall–Kier alpha value is -1.16. The number of hydrogen-bond acceptors (Lipinski definition) is 4. The van der Waals surface area contributed by atoms with Crippen molar-refractivity contribution in [1.29, 1.82) is 0 Å². The summed E-state index contributed by atoms with van der Waals surface area (Å²) >= 11 is 0. The minimum Gasteiger partial charge on any atom is -0.371 e. The van der Waals surface area contributed by atoms with Gasteiger partial charge in [-0.2, -0.15) is 0 Å². The van der Waals surface area contributed by atoms with Crippen molar-refractivity contribution in [2.24, 2.45) is 0 Å². The van der Waals surface area contributed by atoms with E-state index in [4.69, 9.17) is 4.74 Å². The Bertz CT molecular complexity index is 291. The molecule has 0 aliphatic carbocycles. The zero-order valence-corrected chi connectivity index (χ0v) is 9.66. The number of nitrogens with zero attached hydrogens (tertiary/aromatic N) is 2. The van der Waals surface area contributed by atoms with E-state index in [1.807, 2.05) is 19.9 Å². The van der Waals surface area contributed by atoms with Crippen LogP contribution in [0, 0.1) is 0 Å². The third-order valence-corrected chi connectivity index (χ3v) is 2.01. The summed E-state index contributed by atoms with van der Waals surface area (Å²) in [5.74, 6) is 1.60. The molecular weight excluding hydrogens is 190 g/mol. The zero-order valence-electron chi connectivity index (χ0n) is 9.66. The minimum absolute atomic E-state index is 0.0432. The fourth-order valence-electron chi connectivity index (χ4n) is 1.25. The van der Waals surface area contributed by atoms with Crippen LogP contribution in [-0.4, -0.2) is 23.1 Å². The molecule has 4 heteroatoms. The molecule has 0 aromatic carbocycles. The van der Waals surface area contributed by atoms with Crippen LogP contribution in [0.1, 0.15) is 39.1 Å². The average Bonchev–Trinajstić information content (AvgIpc) is 2.27. The highest BCUT2D eigenvalue weighted by Gasteiger charge is 2.08. The molecule has 0 bridgehead atoms. The second-order valence-corrected chi connectivity index (χ2v) is 3.32. The fourth-order valence-corrected chi connectivity index (χ4v) is 1.25. The quantitative estimate of drug-likeness (QED) is 0.781. The van der Waals surface area contributed by atoms with Gasteiger partial charge >= 0.3 is 0 Å². The van der Waals surface area contributed by atoms with Crippen LogP contribution in [0.5, 0.6) is 0 Å². The van der Waals surface area contributed by atoms with Gasteiger partial charge in [0.05, 0.1) is 0 Å². The van der Waals surface area contributed by atoms with E-state index in [-0.39, 0.29) is 6.10 Å². The molecule has 1 aromatic rings. The lowest BCUT2D eigenvalue weighted by atomic mass is 10.3. The summed E-state index contributed by atoms with van der Waals surface area (Å²) in [6.45, 7) is 7.66. The van der Waals surface area contributed by atoms with Gasteiger partial charge in [0.2, 0.25) is 0 Å². The van der Waals surface area contributed by atoms with Crippen LogP contribution in [0.15, 0.2) is 12.3 Å². The average molecular weight is 209 g/mol. The largest absolute Gasteiger partial charge is 0.371 e. The molecule has 4 nitrogen and oxygen atoms in total. The van der Waals surface area contributed by atoms with Crippen molar-refractivity contribution in [3.8, 4) is 0 Å². The van der Waals surface area contributed by atoms with Crippen LogP contribution in [-0.2, 0) is 4.74 Å². The Morgan fingerprint density at radius 3 is 2.93 bits per heavy atom. The molecule has 1 atom stereocenters. The number of rotatable bonds is 6. The maximum absolute atomic E-state index is 5.43. The molecule has 0 saturated heterocycles. The highest BCUT2D eigenvalue weighted by molar-refractivity contribution is 5.32. The van der Waals surface area contributed by atoms with Crippen molar-refractivity contribution in [3.05, 3.63) is 18.1 Å². The van der Waals surface area contributed by atoms with E-state index >= 15 is 0 Å². The molecule has 0 fully saturated rings. The molecule has 0 spiro atoms. The lowest BCUT2D eigenvalue weighted by Crippen LogP contribution is -2.08. The van der Waals surface area contributed by atoms with Crippen LogP contribution in [0.3, 0.4) is 0 Å². The number of ether oxygens (including phenoxy) is 1. The number of nitrogens with one attached hydrogen (secondary N) is 1. The molecule has 1 rings (SSSR count). The molecular formula is C11H19N3O. The smallest absolute Gasteiger partial charge is 0.159 e. The van der Waals surface area contributed by atoms with Gasteiger partial charge in [-0.15, -0.1) is 0 Å². The Balaban J connectivity index is 2.64. The topological polar surface area (TPSA) is 47.0 Å². The lowest BCUT2D eigenvalue weighted by Gasteiger charge is -2.11. The van der Waals surface area contributed by atoms with Crippen LogP contribution < -0.4 is 5.32 Å². The Morgan fingerprint density at radius 2 is 2.27 bits per heavy atom. The van der Waals surface area contributed by atoms with Gasteiger partial charge in [-0.1, -0.05) is 6.92 Å². The molecule has 0 saturated carbocycles. The van der Waals surface area contributed by atoms with E-state index in [0.717, 1.165) is 24.6 Å². The summed E-state index contributed by atoms with van der Waals surface area (Å²) in [5, 5.41) is 3.23. The van der Waals surface area contributed by atoms with Gasteiger partial charge in [-0.25, -0.2) is 9.97 Å². The lowest BCUT2D eigenvalue weighted by molar-refractivity contribution is 0.0701. The first-order valence-electron chi connectivity index (χ1n) is 5.46. The number of aromatic nitrogens is 2. The molecule has 0 aliphatic rings. The third-order valence-electron chi connectivity index (χ3n) is 2.01. The second-order valence-electron chi connectivity index (χ2n) is 3.32. The summed E-state index contributed by atoms with van der Waals surface area (Å²) in [5.41, 5.74) is 0. The Labute approximate surface area is 91.1 Å². The van der Waals surface area contributed by atoms with Gasteiger partial charge in [0.1, 0.15) is 11.9 Å². The first-order valence-corrected chi connectivity index (χ1v) is 5.46. The van der Waals surface area contributed by atoms with Crippen molar-refractivity contribution >= 4 is 5.82 Å². The minimum atomic E-state index is -0.0432. The predicted molar refractivity (Wildman–Crippen MR) is 60.9 cm³/mol. The number of anilines is 1. The summed E-state index contributed by atoms with van der Waals surface area (Å²) in [7, 11) is 0. The van der Waals surface area contributed by atoms with Crippen LogP contribution in [0.25, 0.3) is 0 Å². The molecule has 0 amide bonds. The normalized spacial score (nSPS) is 12.5. The highest BCUT2D eigenvalue weighted by Crippen LogP contribution is 2.13. The molecule has 15 heavy (non-hydrogen) atoms. The maximum Gasteiger partial charge on any atom is 0.159 e. The van der Waals surface area contributed by atoms with E-state index in [1.165, 1.54) is 0 Å². The molecule has 1 unspecified atom stereocenters. The van der Waals surface area contributed by atoms with Crippen molar-refractivity contribution in [3.63, 3.8) is 0 Å². The summed E-state index contributed by atoms with van der Waals surface area (Å²) < 4.78 is 5.43. The van der Waals surface area contributed by atoms with Crippen LogP contribution in [0.2, 0.25) is 0 Å². The summed E-state index contributed by atoms with van der Waals surface area (Å²) in [4.78, 5) is 8.57. The maximum atomic E-state index is 5.43. The predicted octanol–water partition coefficient (Wildman–Crippen LogP) is 2.40. The van der Waals surface area contributed by atoms with E-state index in [1.54, 1.807) is 6.20 Å². The zero-order chi connectivity index (χ0) is 11.1. The van der Waals surface area contributed by atoms with Crippen molar-refractivity contribution in [2.75, 3.05) is 18.5 Å². The van der Waals surface area contributed by atoms with E-state index < -0.39 is 0 Å². The van der Waals surface area contributed by atoms with E-state index in [2.05, 4.69) is 22.2 Å². The summed E-state index contributed by atoms with van der Waals surface area (Å²) in [6, 6.07) is 1.87. The van der Waals surface area contributed by atoms with Crippen molar-refractivity contribution in [2.45, 2.75) is 33.3 Å². The van der Waals surface area contributed by atoms with Gasteiger partial charge < -0.3 is 10.1 Å². The van der Waals surface area contributed by atoms with Gasteiger partial charge in [0.15, 0.2) is 5.82 Å². The molecule has 1 aromatic heterocycles. The molecule has 0 radical (unpaired) electrons. The standard InChI is InChI=1S/C11H19N3O/c1-4-7-12-10-6-8-13-11(14-10)9(3)15-5-2/h6,8-9H,4-5,7H2,1-3H3,(H,12,13,14). The first kappa shape index (κ1) is 11.9. The third kappa shape index (κ3) is 3.83. The Kier molecular flexibility index (Phi) is 5.04. The van der Waals surface area contributed by atoms with Gasteiger partial charge in [-0.05, 0) is 26.3 Å². The van der Waals surface area contributed by atoms with Crippen molar-refractivity contribution < 1.29 is 4.74 Å². The highest BCUT2D eigenvalue weighted by atomic mass is 16.5. The SMILES string of the molecule is CCCNc1ccnc(C(C)OCC)n1. The molecule has 1 N–H and O–H groups in total. The Morgan fingerprint density at radius 1 is 1.47 bits per heavy atom. The van der Waals surface area contributed by atoms with Gasteiger partial charge in [-0.3, -0.25) is 0 Å².